The number of urea groups is 2. The van der Waals surface area contributed by atoms with E-state index in [1.807, 2.05) is 41.5 Å². The van der Waals surface area contributed by atoms with E-state index in [1.54, 1.807) is 26.2 Å². The minimum absolute atomic E-state index is 0.234. The molecule has 0 bridgehead atoms. The van der Waals surface area contributed by atoms with E-state index in [2.05, 4.69) is 16.0 Å². The van der Waals surface area contributed by atoms with Crippen LogP contribution in [0.2, 0.25) is 18.1 Å². The molecule has 0 unspecified atom stereocenters. The maximum Gasteiger partial charge on any atom is 0.500 e. The second-order valence-corrected chi connectivity index (χ2v) is 18.5. The first kappa shape index (κ1) is 44.8. The Hall–Kier alpha value is -1.17. The molecule has 3 N–H and O–H groups in total. The first-order valence-electron chi connectivity index (χ1n) is 16.7. The quantitative estimate of drug-likeness (QED) is 0.0740. The maximum absolute atomic E-state index is 13.2. The van der Waals surface area contributed by atoms with Crippen molar-refractivity contribution in [2.75, 3.05) is 93.7 Å². The Bertz CT molecular complexity index is 747. The van der Waals surface area contributed by atoms with Gasteiger partial charge in [-0.15, -0.1) is 0 Å². The Balaban J connectivity index is 5.08. The predicted molar refractivity (Wildman–Crippen MR) is 183 cm³/mol. The van der Waals surface area contributed by atoms with Crippen LogP contribution in [-0.2, 0) is 39.8 Å². The molecule has 0 heterocycles. The van der Waals surface area contributed by atoms with Crippen LogP contribution in [0, 0.1) is 0 Å². The highest BCUT2D eigenvalue weighted by molar-refractivity contribution is 6.61. The summed E-state index contributed by atoms with van der Waals surface area (Å²) >= 11 is 0. The highest BCUT2D eigenvalue weighted by Gasteiger charge is 2.41. The standard InChI is InChI=1S/C28H64N4O11Si3/c1-10-38-45(39-11-2,40-12-3)24-16-19-29-27(33)30-21-23-32(22-18-26-44(35-7,36-8)37-9)28(34)31-20-17-25-46(41-13-4,42-14-5)43-15-6/h10-26H2,1-9H3,(H,31,34)(H2,29,30,33). The van der Waals surface area contributed by atoms with Crippen LogP contribution >= 0.6 is 0 Å². The zero-order valence-electron chi connectivity index (χ0n) is 30.0. The van der Waals surface area contributed by atoms with Gasteiger partial charge in [0.2, 0.25) is 0 Å². The molecule has 0 spiro atoms. The minimum Gasteiger partial charge on any atom is -0.377 e. The Labute approximate surface area is 281 Å². The first-order valence-corrected chi connectivity index (χ1v) is 22.5. The Morgan fingerprint density at radius 2 is 0.870 bits per heavy atom. The molecule has 0 saturated heterocycles. The smallest absolute Gasteiger partial charge is 0.377 e. The molecule has 274 valence electrons. The van der Waals surface area contributed by atoms with E-state index in [-0.39, 0.29) is 18.6 Å². The molecule has 0 atom stereocenters. The molecular formula is C28H64N4O11Si3. The highest BCUT2D eigenvalue weighted by atomic mass is 28.4. The molecule has 0 aliphatic heterocycles. The molecule has 0 saturated carbocycles. The van der Waals surface area contributed by atoms with Gasteiger partial charge in [0, 0.05) is 112 Å². The molecule has 18 heteroatoms. The summed E-state index contributed by atoms with van der Waals surface area (Å²) in [6, 6.07) is 1.19. The van der Waals surface area contributed by atoms with Crippen molar-refractivity contribution in [1.82, 2.24) is 20.9 Å². The number of carbonyl (C=O) groups is 2. The summed E-state index contributed by atoms with van der Waals surface area (Å²) in [7, 11) is -3.65. The number of hydrogen-bond acceptors (Lipinski definition) is 11. The number of nitrogens with one attached hydrogen (secondary N) is 3. The summed E-state index contributed by atoms with van der Waals surface area (Å²) in [5.74, 6) is 0. The fourth-order valence-electron chi connectivity index (χ4n) is 4.85. The summed E-state index contributed by atoms with van der Waals surface area (Å²) in [5, 5.41) is 8.71. The van der Waals surface area contributed by atoms with Gasteiger partial charge < -0.3 is 60.7 Å². The van der Waals surface area contributed by atoms with E-state index in [1.165, 1.54) is 0 Å². The van der Waals surface area contributed by atoms with E-state index >= 15 is 0 Å². The zero-order valence-corrected chi connectivity index (χ0v) is 33.0. The van der Waals surface area contributed by atoms with Gasteiger partial charge in [0.15, 0.2) is 0 Å². The van der Waals surface area contributed by atoms with Gasteiger partial charge in [0.1, 0.15) is 0 Å². The van der Waals surface area contributed by atoms with Crippen molar-refractivity contribution >= 4 is 38.5 Å². The summed E-state index contributed by atoms with van der Waals surface area (Å²) in [6.45, 7) is 16.4. The topological polar surface area (TPSA) is 157 Å². The van der Waals surface area contributed by atoms with E-state index in [0.717, 1.165) is 0 Å². The Morgan fingerprint density at radius 1 is 0.500 bits per heavy atom. The largest absolute Gasteiger partial charge is 0.500 e. The van der Waals surface area contributed by atoms with Crippen LogP contribution in [0.4, 0.5) is 9.59 Å². The predicted octanol–water partition coefficient (Wildman–Crippen LogP) is 3.44. The lowest BCUT2D eigenvalue weighted by Crippen LogP contribution is -2.48. The van der Waals surface area contributed by atoms with Crippen LogP contribution in [0.1, 0.15) is 60.8 Å². The van der Waals surface area contributed by atoms with Crippen molar-refractivity contribution in [2.24, 2.45) is 0 Å². The SMILES string of the molecule is CCO[Si](CCCNC(=O)NCCN(CCC[Si](OC)(OC)OC)C(=O)NCCC[Si](OCC)(OCC)OCC)(OCC)OCC. The normalized spacial score (nSPS) is 12.3. The van der Waals surface area contributed by atoms with Crippen LogP contribution < -0.4 is 16.0 Å². The van der Waals surface area contributed by atoms with Gasteiger partial charge >= 0.3 is 38.5 Å². The molecule has 46 heavy (non-hydrogen) atoms. The van der Waals surface area contributed by atoms with Crippen molar-refractivity contribution in [3.8, 4) is 0 Å². The number of carbonyl (C=O) groups excluding carboxylic acids is 2. The van der Waals surface area contributed by atoms with Crippen LogP contribution in [0.25, 0.3) is 0 Å². The van der Waals surface area contributed by atoms with Crippen LogP contribution in [0.3, 0.4) is 0 Å². The van der Waals surface area contributed by atoms with E-state index in [4.69, 9.17) is 39.8 Å². The number of amides is 4. The molecule has 0 fully saturated rings. The van der Waals surface area contributed by atoms with Gasteiger partial charge in [-0.05, 0) is 60.8 Å². The zero-order chi connectivity index (χ0) is 34.7. The lowest BCUT2D eigenvalue weighted by atomic mass is 10.4. The first-order chi connectivity index (χ1) is 22.1. The number of nitrogens with zero attached hydrogens (tertiary/aromatic N) is 1. The monoisotopic (exact) mass is 716 g/mol. The molecule has 0 aromatic carbocycles. The third-order valence-corrected chi connectivity index (χ3v) is 16.0. The molecule has 0 rings (SSSR count). The van der Waals surface area contributed by atoms with E-state index in [9.17, 15) is 9.59 Å². The third kappa shape index (κ3) is 17.8. The summed E-state index contributed by atoms with van der Waals surface area (Å²) in [5.41, 5.74) is 0. The van der Waals surface area contributed by atoms with Crippen molar-refractivity contribution < 1.29 is 49.4 Å². The third-order valence-electron chi connectivity index (χ3n) is 6.87. The van der Waals surface area contributed by atoms with Crippen molar-refractivity contribution in [3.05, 3.63) is 0 Å². The van der Waals surface area contributed by atoms with Crippen LogP contribution in [0.15, 0.2) is 0 Å². The fourth-order valence-corrected chi connectivity index (χ4v) is 11.8. The van der Waals surface area contributed by atoms with Gasteiger partial charge in [-0.2, -0.15) is 0 Å². The second kappa shape index (κ2) is 26.7. The Kier molecular flexibility index (Phi) is 26.1. The lowest BCUT2D eigenvalue weighted by Gasteiger charge is -2.29. The lowest BCUT2D eigenvalue weighted by molar-refractivity contribution is 0.0700. The molecule has 15 nitrogen and oxygen atoms in total. The molecule has 0 aromatic heterocycles. The summed E-state index contributed by atoms with van der Waals surface area (Å²) < 4.78 is 52.0. The molecule has 0 aliphatic carbocycles. The van der Waals surface area contributed by atoms with Gasteiger partial charge in [-0.1, -0.05) is 0 Å². The van der Waals surface area contributed by atoms with Gasteiger partial charge in [0.05, 0.1) is 0 Å². The van der Waals surface area contributed by atoms with Gasteiger partial charge in [-0.3, -0.25) is 0 Å². The summed E-state index contributed by atoms with van der Waals surface area (Å²) in [6.07, 6.45) is 1.89. The average molecular weight is 717 g/mol. The Morgan fingerprint density at radius 3 is 1.26 bits per heavy atom. The molecule has 0 aromatic rings. The number of hydrogen-bond donors (Lipinski definition) is 3. The van der Waals surface area contributed by atoms with Crippen LogP contribution in [0.5, 0.6) is 0 Å². The average Bonchev–Trinajstić information content (AvgIpc) is 3.03. The van der Waals surface area contributed by atoms with Gasteiger partial charge in [-0.25, -0.2) is 9.59 Å². The van der Waals surface area contributed by atoms with E-state index in [0.29, 0.717) is 103 Å². The van der Waals surface area contributed by atoms with E-state index < -0.39 is 26.4 Å². The van der Waals surface area contributed by atoms with Crippen molar-refractivity contribution in [3.63, 3.8) is 0 Å². The molecule has 4 amide bonds. The van der Waals surface area contributed by atoms with Crippen LogP contribution in [-0.4, -0.2) is 137 Å². The minimum atomic E-state index is -2.80. The second-order valence-electron chi connectivity index (χ2n) is 9.97. The molecular weight excluding hydrogens is 653 g/mol. The fraction of sp³-hybridized carbons (Fsp3) is 0.929. The molecule has 0 aliphatic rings. The highest BCUT2D eigenvalue weighted by Crippen LogP contribution is 2.19. The maximum atomic E-state index is 13.2. The van der Waals surface area contributed by atoms with Crippen molar-refractivity contribution in [2.45, 2.75) is 78.9 Å². The number of rotatable bonds is 30. The summed E-state index contributed by atoms with van der Waals surface area (Å²) in [4.78, 5) is 27.4. The van der Waals surface area contributed by atoms with Gasteiger partial charge in [0.25, 0.3) is 0 Å². The van der Waals surface area contributed by atoms with Crippen molar-refractivity contribution in [1.29, 1.82) is 0 Å². The molecule has 0 radical (unpaired) electrons.